The van der Waals surface area contributed by atoms with Gasteiger partial charge in [0, 0.05) is 29.7 Å². The first-order chi connectivity index (χ1) is 10.2. The first-order valence-electron chi connectivity index (χ1n) is 6.96. The summed E-state index contributed by atoms with van der Waals surface area (Å²) in [5.41, 5.74) is 8.33. The molecule has 1 heterocycles. The van der Waals surface area contributed by atoms with Crippen LogP contribution in [0.15, 0.2) is 42.5 Å². The first kappa shape index (κ1) is 13.8. The van der Waals surface area contributed by atoms with E-state index in [2.05, 4.69) is 0 Å². The smallest absolute Gasteiger partial charge is 0.129 e. The second-order valence-electron chi connectivity index (χ2n) is 5.09. The van der Waals surface area contributed by atoms with Crippen LogP contribution < -0.4 is 19.9 Å². The molecule has 0 saturated heterocycles. The van der Waals surface area contributed by atoms with E-state index in [-0.39, 0.29) is 12.1 Å². The zero-order chi connectivity index (χ0) is 14.8. The molecular weight excluding hydrogens is 266 g/mol. The Morgan fingerprint density at radius 3 is 2.62 bits per heavy atom. The highest BCUT2D eigenvalue weighted by atomic mass is 16.5. The average molecular weight is 285 g/mol. The molecule has 4 heteroatoms. The maximum Gasteiger partial charge on any atom is 0.129 e. The van der Waals surface area contributed by atoms with Crippen LogP contribution in [0.3, 0.4) is 0 Å². The van der Waals surface area contributed by atoms with Crippen LogP contribution in [0, 0.1) is 0 Å². The van der Waals surface area contributed by atoms with Crippen LogP contribution in [0.1, 0.15) is 29.7 Å². The van der Waals surface area contributed by atoms with E-state index in [1.807, 2.05) is 42.5 Å². The van der Waals surface area contributed by atoms with Crippen LogP contribution in [0.25, 0.3) is 0 Å². The first-order valence-corrected chi connectivity index (χ1v) is 6.96. The summed E-state index contributed by atoms with van der Waals surface area (Å²) in [5, 5.41) is 0. The van der Waals surface area contributed by atoms with Gasteiger partial charge in [0.25, 0.3) is 0 Å². The average Bonchev–Trinajstić information content (AvgIpc) is 2.54. The fourth-order valence-electron chi connectivity index (χ4n) is 2.73. The van der Waals surface area contributed by atoms with Crippen molar-refractivity contribution in [2.45, 2.75) is 18.6 Å². The molecule has 0 radical (unpaired) electrons. The predicted molar refractivity (Wildman–Crippen MR) is 80.9 cm³/mol. The highest BCUT2D eigenvalue weighted by Gasteiger charge is 2.29. The van der Waals surface area contributed by atoms with Gasteiger partial charge >= 0.3 is 0 Å². The van der Waals surface area contributed by atoms with E-state index < -0.39 is 0 Å². The van der Waals surface area contributed by atoms with Crippen molar-refractivity contribution in [1.82, 2.24) is 0 Å². The molecule has 3 rings (SSSR count). The molecule has 2 atom stereocenters. The number of hydrogen-bond donors (Lipinski definition) is 1. The summed E-state index contributed by atoms with van der Waals surface area (Å²) in [6, 6.07) is 13.6. The van der Waals surface area contributed by atoms with Crippen LogP contribution in [-0.4, -0.2) is 14.2 Å². The van der Waals surface area contributed by atoms with Crippen molar-refractivity contribution in [2.75, 3.05) is 14.2 Å². The van der Waals surface area contributed by atoms with Crippen molar-refractivity contribution in [3.8, 4) is 17.2 Å². The molecule has 2 aromatic rings. The third-order valence-corrected chi connectivity index (χ3v) is 3.84. The molecule has 0 bridgehead atoms. The monoisotopic (exact) mass is 285 g/mol. The molecule has 0 aromatic heterocycles. The molecule has 4 nitrogen and oxygen atoms in total. The SMILES string of the molecule is COc1ccc2c(c1)OC(c1ccccc1OC)C[C@H]2N. The van der Waals surface area contributed by atoms with Crippen molar-refractivity contribution in [2.24, 2.45) is 5.73 Å². The van der Waals surface area contributed by atoms with Crippen molar-refractivity contribution >= 4 is 0 Å². The summed E-state index contributed by atoms with van der Waals surface area (Å²) in [4.78, 5) is 0. The molecule has 2 N–H and O–H groups in total. The van der Waals surface area contributed by atoms with E-state index in [1.165, 1.54) is 0 Å². The number of benzene rings is 2. The lowest BCUT2D eigenvalue weighted by atomic mass is 9.93. The second-order valence-corrected chi connectivity index (χ2v) is 5.09. The minimum Gasteiger partial charge on any atom is -0.497 e. The van der Waals surface area contributed by atoms with E-state index in [1.54, 1.807) is 14.2 Å². The standard InChI is InChI=1S/C17H19NO3/c1-19-11-7-8-12-14(18)10-17(21-16(12)9-11)13-5-3-4-6-15(13)20-2/h3-9,14,17H,10,18H2,1-2H3/t14-,17?/m1/s1. The number of methoxy groups -OCH3 is 2. The van der Waals surface area contributed by atoms with E-state index >= 15 is 0 Å². The minimum absolute atomic E-state index is 0.0606. The van der Waals surface area contributed by atoms with E-state index in [9.17, 15) is 0 Å². The van der Waals surface area contributed by atoms with Gasteiger partial charge in [-0.05, 0) is 12.1 Å². The van der Waals surface area contributed by atoms with Gasteiger partial charge in [0.15, 0.2) is 0 Å². The molecule has 1 unspecified atom stereocenters. The lowest BCUT2D eigenvalue weighted by molar-refractivity contribution is 0.157. The van der Waals surface area contributed by atoms with Crippen molar-refractivity contribution in [3.05, 3.63) is 53.6 Å². The molecule has 0 fully saturated rings. The highest BCUT2D eigenvalue weighted by Crippen LogP contribution is 2.43. The molecule has 0 spiro atoms. The topological polar surface area (TPSA) is 53.7 Å². The number of ether oxygens (including phenoxy) is 3. The summed E-state index contributed by atoms with van der Waals surface area (Å²) >= 11 is 0. The van der Waals surface area contributed by atoms with Crippen LogP contribution in [-0.2, 0) is 0 Å². The van der Waals surface area contributed by atoms with Crippen LogP contribution in [0.2, 0.25) is 0 Å². The number of nitrogens with two attached hydrogens (primary N) is 1. The van der Waals surface area contributed by atoms with Gasteiger partial charge in [0.2, 0.25) is 0 Å². The Morgan fingerprint density at radius 2 is 1.86 bits per heavy atom. The van der Waals surface area contributed by atoms with Crippen molar-refractivity contribution in [3.63, 3.8) is 0 Å². The van der Waals surface area contributed by atoms with E-state index in [4.69, 9.17) is 19.9 Å². The van der Waals surface area contributed by atoms with Gasteiger partial charge in [-0.15, -0.1) is 0 Å². The minimum atomic E-state index is -0.115. The Kier molecular flexibility index (Phi) is 3.71. The maximum atomic E-state index is 6.30. The predicted octanol–water partition coefficient (Wildman–Crippen LogP) is 3.23. The number of fused-ring (bicyclic) bond motifs is 1. The molecule has 1 aliphatic heterocycles. The van der Waals surface area contributed by atoms with Crippen molar-refractivity contribution in [1.29, 1.82) is 0 Å². The molecule has 0 saturated carbocycles. The lowest BCUT2D eigenvalue weighted by Gasteiger charge is -2.31. The quantitative estimate of drug-likeness (QED) is 0.940. The Labute approximate surface area is 124 Å². The zero-order valence-corrected chi connectivity index (χ0v) is 12.2. The molecule has 110 valence electrons. The highest BCUT2D eigenvalue weighted by molar-refractivity contribution is 5.46. The van der Waals surface area contributed by atoms with Gasteiger partial charge in [0.05, 0.1) is 14.2 Å². The fraction of sp³-hybridized carbons (Fsp3) is 0.294. The third kappa shape index (κ3) is 2.54. The van der Waals surface area contributed by atoms with Crippen LogP contribution in [0.5, 0.6) is 17.2 Å². The molecule has 21 heavy (non-hydrogen) atoms. The van der Waals surface area contributed by atoms with Gasteiger partial charge < -0.3 is 19.9 Å². The van der Waals surface area contributed by atoms with Gasteiger partial charge in [-0.25, -0.2) is 0 Å². The normalized spacial score (nSPS) is 20.3. The Hall–Kier alpha value is -2.20. The summed E-state index contributed by atoms with van der Waals surface area (Å²) in [7, 11) is 3.31. The fourth-order valence-corrected chi connectivity index (χ4v) is 2.73. The molecule has 2 aromatic carbocycles. The maximum absolute atomic E-state index is 6.30. The number of para-hydroxylation sites is 1. The molecule has 0 amide bonds. The molecular formula is C17H19NO3. The number of rotatable bonds is 3. The Balaban J connectivity index is 1.97. The van der Waals surface area contributed by atoms with Crippen LogP contribution in [0.4, 0.5) is 0 Å². The van der Waals surface area contributed by atoms with Crippen molar-refractivity contribution < 1.29 is 14.2 Å². The Bertz CT molecular complexity index is 642. The van der Waals surface area contributed by atoms with Gasteiger partial charge in [-0.2, -0.15) is 0 Å². The summed E-state index contributed by atoms with van der Waals surface area (Å²) in [6.45, 7) is 0. The van der Waals surface area contributed by atoms with Gasteiger partial charge in [0.1, 0.15) is 23.4 Å². The summed E-state index contributed by atoms with van der Waals surface area (Å²) < 4.78 is 16.8. The molecule has 1 aliphatic rings. The summed E-state index contributed by atoms with van der Waals surface area (Å²) in [5.74, 6) is 2.37. The third-order valence-electron chi connectivity index (χ3n) is 3.84. The van der Waals surface area contributed by atoms with Crippen LogP contribution >= 0.6 is 0 Å². The lowest BCUT2D eigenvalue weighted by Crippen LogP contribution is -2.24. The largest absolute Gasteiger partial charge is 0.497 e. The van der Waals surface area contributed by atoms with E-state index in [0.29, 0.717) is 0 Å². The number of hydrogen-bond acceptors (Lipinski definition) is 4. The zero-order valence-electron chi connectivity index (χ0n) is 12.2. The molecule has 0 aliphatic carbocycles. The van der Waals surface area contributed by atoms with E-state index in [0.717, 1.165) is 34.8 Å². The second kappa shape index (κ2) is 5.66. The van der Waals surface area contributed by atoms with Gasteiger partial charge in [-0.1, -0.05) is 24.3 Å². The summed E-state index contributed by atoms with van der Waals surface area (Å²) in [6.07, 6.45) is 0.607. The van der Waals surface area contributed by atoms with Gasteiger partial charge in [-0.3, -0.25) is 0 Å². The Morgan fingerprint density at radius 1 is 1.05 bits per heavy atom.